The normalized spacial score (nSPS) is 38.8. The number of hydrogen-bond acceptors (Lipinski definition) is 4. The van der Waals surface area contributed by atoms with Crippen molar-refractivity contribution in [1.29, 1.82) is 0 Å². The van der Waals surface area contributed by atoms with E-state index in [4.69, 9.17) is 10.5 Å². The molecule has 2 fully saturated rings. The molecule has 1 spiro atoms. The van der Waals surface area contributed by atoms with Crippen LogP contribution in [0.15, 0.2) is 0 Å². The van der Waals surface area contributed by atoms with Crippen molar-refractivity contribution in [1.82, 2.24) is 0 Å². The summed E-state index contributed by atoms with van der Waals surface area (Å²) < 4.78 is 18.0. The van der Waals surface area contributed by atoms with Gasteiger partial charge in [-0.05, 0) is 31.9 Å². The number of hydrogen-bond donors (Lipinski definition) is 1. The van der Waals surface area contributed by atoms with Crippen molar-refractivity contribution in [3.05, 3.63) is 0 Å². The van der Waals surface area contributed by atoms with E-state index in [1.165, 1.54) is 5.75 Å². The van der Waals surface area contributed by atoms with Gasteiger partial charge in [0.2, 0.25) is 0 Å². The van der Waals surface area contributed by atoms with E-state index in [2.05, 4.69) is 0 Å². The highest BCUT2D eigenvalue weighted by Crippen LogP contribution is 2.39. The van der Waals surface area contributed by atoms with Gasteiger partial charge in [-0.3, -0.25) is 4.21 Å². The second-order valence-corrected chi connectivity index (χ2v) is 7.84. The smallest absolute Gasteiger partial charge is 0.0791 e. The minimum atomic E-state index is -0.773. The lowest BCUT2D eigenvalue weighted by atomic mass is 9.93. The molecule has 94 valence electrons. The maximum Gasteiger partial charge on any atom is 0.0791 e. The molecule has 2 aliphatic heterocycles. The number of nitrogens with two attached hydrogens (primary N) is 1. The van der Waals surface area contributed by atoms with Crippen LogP contribution in [0.1, 0.15) is 26.2 Å². The van der Waals surface area contributed by atoms with Gasteiger partial charge in [-0.15, -0.1) is 0 Å². The van der Waals surface area contributed by atoms with E-state index in [-0.39, 0.29) is 11.6 Å². The van der Waals surface area contributed by atoms with Crippen LogP contribution in [-0.2, 0) is 15.5 Å². The van der Waals surface area contributed by atoms with E-state index in [1.54, 1.807) is 0 Å². The van der Waals surface area contributed by atoms with Crippen LogP contribution in [-0.4, -0.2) is 45.0 Å². The fraction of sp³-hybridized carbons (Fsp3) is 1.00. The fourth-order valence-corrected chi connectivity index (χ4v) is 5.48. The third kappa shape index (κ3) is 3.00. The van der Waals surface area contributed by atoms with Gasteiger partial charge >= 0.3 is 0 Å². The molecule has 0 radical (unpaired) electrons. The number of rotatable bonds is 3. The average Bonchev–Trinajstić information content (AvgIpc) is 2.65. The summed E-state index contributed by atoms with van der Waals surface area (Å²) in [6, 6.07) is 0.0394. The van der Waals surface area contributed by atoms with E-state index >= 15 is 0 Å². The van der Waals surface area contributed by atoms with E-state index < -0.39 is 10.8 Å². The zero-order chi connectivity index (χ0) is 11.6. The lowest BCUT2D eigenvalue weighted by molar-refractivity contribution is -0.0567. The van der Waals surface area contributed by atoms with Gasteiger partial charge in [0.1, 0.15) is 0 Å². The van der Waals surface area contributed by atoms with Crippen LogP contribution < -0.4 is 5.73 Å². The first-order valence-corrected chi connectivity index (χ1v) is 8.49. The average molecular weight is 263 g/mol. The zero-order valence-electron chi connectivity index (χ0n) is 9.81. The quantitative estimate of drug-likeness (QED) is 0.829. The topological polar surface area (TPSA) is 52.3 Å². The molecule has 0 amide bonds. The molecule has 2 saturated heterocycles. The van der Waals surface area contributed by atoms with Crippen LogP contribution in [0.25, 0.3) is 0 Å². The van der Waals surface area contributed by atoms with Gasteiger partial charge in [0.15, 0.2) is 0 Å². The van der Waals surface area contributed by atoms with E-state index in [0.29, 0.717) is 11.0 Å². The highest BCUT2D eigenvalue weighted by Gasteiger charge is 2.41. The molecular formula is C11H21NO2S2. The Kier molecular flexibility index (Phi) is 4.32. The highest BCUT2D eigenvalue weighted by molar-refractivity contribution is 7.99. The van der Waals surface area contributed by atoms with Crippen molar-refractivity contribution in [2.45, 2.75) is 43.1 Å². The number of thioether (sulfide) groups is 1. The minimum Gasteiger partial charge on any atom is -0.374 e. The molecule has 0 aromatic carbocycles. The summed E-state index contributed by atoms with van der Waals surface area (Å²) in [5.41, 5.74) is 5.76. The molecule has 0 saturated carbocycles. The predicted octanol–water partition coefficient (Wildman–Crippen LogP) is 1.14. The Labute approximate surface area is 104 Å². The van der Waals surface area contributed by atoms with E-state index in [1.807, 2.05) is 18.7 Å². The molecule has 0 aliphatic carbocycles. The van der Waals surface area contributed by atoms with E-state index in [9.17, 15) is 4.21 Å². The van der Waals surface area contributed by atoms with Crippen molar-refractivity contribution < 1.29 is 8.95 Å². The van der Waals surface area contributed by atoms with Gasteiger partial charge in [-0.1, -0.05) is 0 Å². The molecule has 0 aromatic heterocycles. The van der Waals surface area contributed by atoms with Crippen LogP contribution in [0.3, 0.4) is 0 Å². The molecule has 16 heavy (non-hydrogen) atoms. The molecule has 5 heteroatoms. The second-order valence-electron chi connectivity index (χ2n) is 4.97. The largest absolute Gasteiger partial charge is 0.374 e. The SMILES string of the molecule is CC(N)CS(=O)C1CCOC2(CCSC2)C1. The molecule has 2 N–H and O–H groups in total. The lowest BCUT2D eigenvalue weighted by Gasteiger charge is -2.37. The third-order valence-electron chi connectivity index (χ3n) is 3.31. The monoisotopic (exact) mass is 263 g/mol. The maximum absolute atomic E-state index is 12.1. The standard InChI is InChI=1S/C11H21NO2S2/c1-9(12)7-16(13)10-2-4-14-11(6-10)3-5-15-8-11/h9-10H,2-8,12H2,1H3. The Morgan fingerprint density at radius 1 is 1.69 bits per heavy atom. The van der Waals surface area contributed by atoms with Crippen molar-refractivity contribution in [3.8, 4) is 0 Å². The van der Waals surface area contributed by atoms with Gasteiger partial charge < -0.3 is 10.5 Å². The third-order valence-corrected chi connectivity index (χ3v) is 6.54. The second kappa shape index (κ2) is 5.38. The summed E-state index contributed by atoms with van der Waals surface area (Å²) in [6.07, 6.45) is 3.04. The predicted molar refractivity (Wildman–Crippen MR) is 70.3 cm³/mol. The van der Waals surface area contributed by atoms with Crippen molar-refractivity contribution >= 4 is 22.6 Å². The van der Waals surface area contributed by atoms with Crippen molar-refractivity contribution in [2.75, 3.05) is 23.9 Å². The van der Waals surface area contributed by atoms with Gasteiger partial charge in [0.05, 0.1) is 5.60 Å². The molecule has 4 atom stereocenters. The maximum atomic E-state index is 12.1. The summed E-state index contributed by atoms with van der Waals surface area (Å²) >= 11 is 1.96. The van der Waals surface area contributed by atoms with Crippen LogP contribution in [0.5, 0.6) is 0 Å². The van der Waals surface area contributed by atoms with Gasteiger partial charge in [0, 0.05) is 40.2 Å². The van der Waals surface area contributed by atoms with Gasteiger partial charge in [-0.25, -0.2) is 0 Å². The lowest BCUT2D eigenvalue weighted by Crippen LogP contribution is -2.44. The summed E-state index contributed by atoms with van der Waals surface area (Å²) in [4.78, 5) is 0. The van der Waals surface area contributed by atoms with Crippen molar-refractivity contribution in [2.24, 2.45) is 5.73 Å². The van der Waals surface area contributed by atoms with Crippen LogP contribution >= 0.6 is 11.8 Å². The van der Waals surface area contributed by atoms with Gasteiger partial charge in [0.25, 0.3) is 0 Å². The van der Waals surface area contributed by atoms with Crippen molar-refractivity contribution in [3.63, 3.8) is 0 Å². The van der Waals surface area contributed by atoms with Crippen LogP contribution in [0, 0.1) is 0 Å². The molecule has 0 aromatic rings. The Balaban J connectivity index is 1.93. The first-order chi connectivity index (χ1) is 7.61. The first kappa shape index (κ1) is 12.9. The summed E-state index contributed by atoms with van der Waals surface area (Å²) in [5, 5.41) is 0.304. The Morgan fingerprint density at radius 2 is 2.50 bits per heavy atom. The molecule has 2 rings (SSSR count). The van der Waals surface area contributed by atoms with Gasteiger partial charge in [-0.2, -0.15) is 11.8 Å². The summed E-state index contributed by atoms with van der Waals surface area (Å²) in [5.74, 6) is 2.90. The Bertz CT molecular complexity index is 265. The molecule has 0 bridgehead atoms. The molecular weight excluding hydrogens is 242 g/mol. The molecule has 2 heterocycles. The fourth-order valence-electron chi connectivity index (χ4n) is 2.47. The minimum absolute atomic E-state index is 0.0394. The first-order valence-electron chi connectivity index (χ1n) is 5.96. The zero-order valence-corrected chi connectivity index (χ0v) is 11.4. The highest BCUT2D eigenvalue weighted by atomic mass is 32.2. The molecule has 4 unspecified atom stereocenters. The van der Waals surface area contributed by atoms with E-state index in [0.717, 1.165) is 31.6 Å². The Morgan fingerprint density at radius 3 is 3.12 bits per heavy atom. The Hall–Kier alpha value is 0.420. The molecule has 2 aliphatic rings. The van der Waals surface area contributed by atoms with Crippen LogP contribution in [0.4, 0.5) is 0 Å². The summed E-state index contributed by atoms with van der Waals surface area (Å²) in [7, 11) is -0.773. The molecule has 3 nitrogen and oxygen atoms in total. The summed E-state index contributed by atoms with van der Waals surface area (Å²) in [6.45, 7) is 2.70. The van der Waals surface area contributed by atoms with Crippen LogP contribution in [0.2, 0.25) is 0 Å². The number of ether oxygens (including phenoxy) is 1.